The van der Waals surface area contributed by atoms with Crippen molar-refractivity contribution >= 4 is 23.2 Å². The second kappa shape index (κ2) is 6.98. The first-order valence-electron chi connectivity index (χ1n) is 10.4. The molecule has 0 aliphatic heterocycles. The normalized spacial score (nSPS) is 28.5. The third-order valence-electron chi connectivity index (χ3n) is 7.01. The number of aliphatic hydroxyl groups excluding tert-OH is 2. The van der Waals surface area contributed by atoms with Gasteiger partial charge in [0.1, 0.15) is 28.5 Å². The maximum absolute atomic E-state index is 13.5. The summed E-state index contributed by atoms with van der Waals surface area (Å²) < 4.78 is 1.49. The molecule has 4 atom stereocenters. The Morgan fingerprint density at radius 2 is 1.94 bits per heavy atom. The number of fused-ring (bicyclic) bond motifs is 3. The van der Waals surface area contributed by atoms with E-state index in [-0.39, 0.29) is 29.7 Å². The monoisotopic (exact) mass is 467 g/mol. The van der Waals surface area contributed by atoms with Crippen LogP contribution >= 0.6 is 0 Å². The first-order chi connectivity index (χ1) is 16.0. The predicted molar refractivity (Wildman–Crippen MR) is 115 cm³/mol. The van der Waals surface area contributed by atoms with E-state index >= 15 is 0 Å². The Bertz CT molecular complexity index is 1370. The molecule has 0 bridgehead atoms. The molecule has 1 aromatic heterocycles. The Balaban J connectivity index is 1.73. The molecule has 1 saturated carbocycles. The zero-order valence-electron chi connectivity index (χ0n) is 17.9. The third kappa shape index (κ3) is 2.63. The molecule has 8 N–H and O–H groups in total. The Labute approximate surface area is 191 Å². The van der Waals surface area contributed by atoms with Crippen molar-refractivity contribution in [2.24, 2.45) is 30.4 Å². The lowest BCUT2D eigenvalue weighted by Crippen LogP contribution is -2.65. The van der Waals surface area contributed by atoms with Crippen molar-refractivity contribution in [2.45, 2.75) is 24.5 Å². The minimum Gasteiger partial charge on any atom is -0.508 e. The molecule has 1 aromatic carbocycles. The number of nitrogens with two attached hydrogens (primary N) is 2. The number of amides is 1. The smallest absolute Gasteiger partial charge is 0.255 e. The average Bonchev–Trinajstić information content (AvgIpc) is 3.20. The molecule has 0 saturated heterocycles. The summed E-state index contributed by atoms with van der Waals surface area (Å²) in [4.78, 5) is 37.9. The van der Waals surface area contributed by atoms with Gasteiger partial charge in [0.2, 0.25) is 5.78 Å². The van der Waals surface area contributed by atoms with Gasteiger partial charge in [0.15, 0.2) is 11.4 Å². The van der Waals surface area contributed by atoms with Gasteiger partial charge >= 0.3 is 0 Å². The topological polar surface area (TPSA) is 215 Å². The molecule has 2 aromatic rings. The van der Waals surface area contributed by atoms with Crippen LogP contribution in [0, 0.1) is 11.8 Å². The summed E-state index contributed by atoms with van der Waals surface area (Å²) in [6.07, 6.45) is 1.72. The number of phenolic OH excluding ortho intramolecular Hbond substituents is 1. The van der Waals surface area contributed by atoms with Crippen molar-refractivity contribution in [2.75, 3.05) is 0 Å². The molecule has 176 valence electrons. The number of carbonyl (C=O) groups excluding carboxylic acids is 3. The van der Waals surface area contributed by atoms with Crippen LogP contribution in [0.1, 0.15) is 17.5 Å². The molecule has 5 rings (SSSR count). The van der Waals surface area contributed by atoms with Crippen molar-refractivity contribution in [1.29, 1.82) is 0 Å². The maximum atomic E-state index is 13.5. The summed E-state index contributed by atoms with van der Waals surface area (Å²) in [6.45, 7) is 0. The van der Waals surface area contributed by atoms with E-state index in [4.69, 9.17) is 11.5 Å². The van der Waals surface area contributed by atoms with Gasteiger partial charge in [-0.15, -0.1) is 5.10 Å². The van der Waals surface area contributed by atoms with E-state index in [1.807, 2.05) is 0 Å². The molecule has 0 spiro atoms. The minimum atomic E-state index is -2.73. The SMILES string of the molecule is Cn1cc(-c2ccc(O)c3c2C[C@H]2C[C@H]4[C@@H](N)C(=O)C(C(N)=O)=C(O)[C@@]4(O)C(=O)C2=C3O)nn1. The van der Waals surface area contributed by atoms with Crippen molar-refractivity contribution < 1.29 is 34.8 Å². The van der Waals surface area contributed by atoms with E-state index < -0.39 is 58.0 Å². The second-order valence-electron chi connectivity index (χ2n) is 8.84. The number of rotatable bonds is 2. The van der Waals surface area contributed by atoms with Crippen LogP contribution in [0.3, 0.4) is 0 Å². The van der Waals surface area contributed by atoms with Gasteiger partial charge in [-0.05, 0) is 36.5 Å². The van der Waals surface area contributed by atoms with Gasteiger partial charge in [-0.1, -0.05) is 5.21 Å². The van der Waals surface area contributed by atoms with E-state index in [2.05, 4.69) is 10.3 Å². The molecule has 0 unspecified atom stereocenters. The van der Waals surface area contributed by atoms with Crippen LogP contribution in [-0.2, 0) is 27.9 Å². The fourth-order valence-electron chi connectivity index (χ4n) is 5.43. The molecule has 1 heterocycles. The summed E-state index contributed by atoms with van der Waals surface area (Å²) in [6, 6.07) is 1.46. The van der Waals surface area contributed by atoms with E-state index in [0.717, 1.165) is 0 Å². The van der Waals surface area contributed by atoms with Crippen LogP contribution < -0.4 is 11.5 Å². The highest BCUT2D eigenvalue weighted by Gasteiger charge is 2.63. The van der Waals surface area contributed by atoms with E-state index in [1.165, 1.54) is 10.7 Å². The number of benzene rings is 1. The quantitative estimate of drug-likeness (QED) is 0.301. The third-order valence-corrected chi connectivity index (χ3v) is 7.01. The average molecular weight is 467 g/mol. The molecule has 0 radical (unpaired) electrons. The molecule has 12 heteroatoms. The number of carbonyl (C=O) groups is 3. The first-order valence-corrected chi connectivity index (χ1v) is 10.4. The number of aromatic hydroxyl groups is 1. The van der Waals surface area contributed by atoms with Gasteiger partial charge in [-0.2, -0.15) is 0 Å². The number of aromatic nitrogens is 3. The number of aryl methyl sites for hydroxylation is 1. The molecular weight excluding hydrogens is 446 g/mol. The van der Waals surface area contributed by atoms with Crippen LogP contribution in [0.25, 0.3) is 17.0 Å². The van der Waals surface area contributed by atoms with Gasteiger partial charge in [0.25, 0.3) is 5.91 Å². The van der Waals surface area contributed by atoms with Crippen molar-refractivity contribution in [3.8, 4) is 17.0 Å². The van der Waals surface area contributed by atoms with E-state index in [0.29, 0.717) is 16.8 Å². The van der Waals surface area contributed by atoms with Crippen LogP contribution in [-0.4, -0.2) is 64.5 Å². The zero-order chi connectivity index (χ0) is 24.7. The van der Waals surface area contributed by atoms with Crippen LogP contribution in [0.5, 0.6) is 5.75 Å². The minimum absolute atomic E-state index is 0.0143. The summed E-state index contributed by atoms with van der Waals surface area (Å²) in [5, 5.41) is 51.6. The molecule has 1 amide bonds. The standard InChI is InChI=1S/C22H21N5O7/c1-27-6-11(25-26-27)8-2-3-12(28)14-9(8)4-7-5-10-16(23)18(30)15(21(24)33)20(32)22(10,34)19(31)13(7)17(14)29/h2-3,6-7,10,16,28-29,32,34H,4-5,23H2,1H3,(H2,24,33)/t7-,10-,16+,22-/m0/s1. The van der Waals surface area contributed by atoms with Crippen LogP contribution in [0.15, 0.2) is 35.2 Å². The number of ketones is 2. The van der Waals surface area contributed by atoms with Gasteiger partial charge in [-0.25, -0.2) is 0 Å². The van der Waals surface area contributed by atoms with Gasteiger partial charge in [-0.3, -0.25) is 19.1 Å². The zero-order valence-corrected chi connectivity index (χ0v) is 17.9. The first kappa shape index (κ1) is 21.8. The highest BCUT2D eigenvalue weighted by atomic mass is 16.3. The van der Waals surface area contributed by atoms with Gasteiger partial charge in [0.05, 0.1) is 17.8 Å². The maximum Gasteiger partial charge on any atom is 0.255 e. The molecule has 1 fully saturated rings. The Kier molecular flexibility index (Phi) is 4.48. The summed E-state index contributed by atoms with van der Waals surface area (Å²) in [5.41, 5.74) is 8.82. The van der Waals surface area contributed by atoms with Crippen molar-refractivity contribution in [3.05, 3.63) is 46.4 Å². The second-order valence-corrected chi connectivity index (χ2v) is 8.84. The summed E-state index contributed by atoms with van der Waals surface area (Å²) >= 11 is 0. The lowest BCUT2D eigenvalue weighted by molar-refractivity contribution is -0.149. The Morgan fingerprint density at radius 3 is 2.56 bits per heavy atom. The molecule has 3 aliphatic carbocycles. The van der Waals surface area contributed by atoms with Crippen molar-refractivity contribution in [3.63, 3.8) is 0 Å². The molecule has 12 nitrogen and oxygen atoms in total. The van der Waals surface area contributed by atoms with Gasteiger partial charge in [0, 0.05) is 24.1 Å². The van der Waals surface area contributed by atoms with Gasteiger partial charge < -0.3 is 31.9 Å². The summed E-state index contributed by atoms with van der Waals surface area (Å²) in [5.74, 6) is -7.45. The molecular formula is C22H21N5O7. The molecule has 3 aliphatic rings. The lowest BCUT2D eigenvalue weighted by Gasteiger charge is -2.48. The fourth-order valence-corrected chi connectivity index (χ4v) is 5.43. The number of aliphatic hydroxyl groups is 3. The number of hydrogen-bond donors (Lipinski definition) is 6. The van der Waals surface area contributed by atoms with Crippen LogP contribution in [0.2, 0.25) is 0 Å². The lowest BCUT2D eigenvalue weighted by atomic mass is 9.57. The largest absolute Gasteiger partial charge is 0.508 e. The number of phenols is 1. The van der Waals surface area contributed by atoms with E-state index in [9.17, 15) is 34.8 Å². The highest BCUT2D eigenvalue weighted by molar-refractivity contribution is 6.24. The molecule has 34 heavy (non-hydrogen) atoms. The highest BCUT2D eigenvalue weighted by Crippen LogP contribution is 2.52. The van der Waals surface area contributed by atoms with E-state index in [1.54, 1.807) is 19.3 Å². The summed E-state index contributed by atoms with van der Waals surface area (Å²) in [7, 11) is 1.68. The number of Topliss-reactive ketones (excluding diaryl/α,β-unsaturated/α-hetero) is 2. The number of hydrogen-bond acceptors (Lipinski definition) is 10. The van der Waals surface area contributed by atoms with Crippen molar-refractivity contribution in [1.82, 2.24) is 15.0 Å². The van der Waals surface area contributed by atoms with Crippen LogP contribution in [0.4, 0.5) is 0 Å². The predicted octanol–water partition coefficient (Wildman–Crippen LogP) is -0.843. The number of nitrogens with zero attached hydrogens (tertiary/aromatic N) is 3. The fraction of sp³-hybridized carbons (Fsp3) is 0.318. The Hall–Kier alpha value is -4.03. The number of primary amides is 1. The Morgan fingerprint density at radius 1 is 1.24 bits per heavy atom.